The van der Waals surface area contributed by atoms with Crippen LogP contribution in [0.25, 0.3) is 10.9 Å². The number of hydrogen-bond donors (Lipinski definition) is 2. The first-order valence-electron chi connectivity index (χ1n) is 8.75. The summed E-state index contributed by atoms with van der Waals surface area (Å²) >= 11 is 0. The van der Waals surface area contributed by atoms with Crippen molar-refractivity contribution in [3.8, 4) is 5.75 Å². The molecule has 1 heterocycles. The van der Waals surface area contributed by atoms with Gasteiger partial charge in [-0.2, -0.15) is 0 Å². The minimum atomic E-state index is -0.244. The maximum atomic E-state index is 11.8. The van der Waals surface area contributed by atoms with Crippen LogP contribution in [0.5, 0.6) is 5.75 Å². The number of quaternary nitrogens is 1. The molecule has 0 aliphatic heterocycles. The molecule has 5 heteroatoms. The highest BCUT2D eigenvalue weighted by Gasteiger charge is 2.23. The lowest BCUT2D eigenvalue weighted by atomic mass is 9.90. The number of H-pyrrole nitrogens is 1. The molecule has 0 spiro atoms. The van der Waals surface area contributed by atoms with Gasteiger partial charge in [0.25, 0.3) is 0 Å². The summed E-state index contributed by atoms with van der Waals surface area (Å²) in [6, 6.07) is 16.1. The van der Waals surface area contributed by atoms with E-state index >= 15 is 0 Å². The molecule has 0 aliphatic carbocycles. The molecule has 1 aromatic heterocycles. The fraction of sp³-hybridized carbons (Fsp3) is 0.286. The Labute approximate surface area is 153 Å². The van der Waals surface area contributed by atoms with E-state index in [0.717, 1.165) is 17.8 Å². The Hall–Kier alpha value is -2.79. The second-order valence-corrected chi connectivity index (χ2v) is 6.40. The maximum Gasteiger partial charge on any atom is 0.364 e. The first-order chi connectivity index (χ1) is 12.6. The maximum absolute atomic E-state index is 11.8. The van der Waals surface area contributed by atoms with Gasteiger partial charge in [-0.3, -0.25) is 0 Å². The molecule has 2 atom stereocenters. The standard InChI is InChI=1S/C21H24N2O3/c1-14(21(24)26-3)22-12-18(15-8-10-16(25-2)11-9-15)19-13-23-20-7-5-4-6-17(19)20/h4-11,13-14,18,22-23H,12H2,1-3H3/p+1/t14-,18-/m0/s1. The van der Waals surface area contributed by atoms with Gasteiger partial charge in [-0.05, 0) is 36.2 Å². The van der Waals surface area contributed by atoms with Gasteiger partial charge in [-0.1, -0.05) is 30.3 Å². The van der Waals surface area contributed by atoms with E-state index in [-0.39, 0.29) is 17.9 Å². The molecule has 3 N–H and O–H groups in total. The molecule has 0 saturated carbocycles. The lowest BCUT2D eigenvalue weighted by Crippen LogP contribution is -2.92. The van der Waals surface area contributed by atoms with Gasteiger partial charge in [0, 0.05) is 17.1 Å². The van der Waals surface area contributed by atoms with Gasteiger partial charge >= 0.3 is 5.97 Å². The van der Waals surface area contributed by atoms with Crippen LogP contribution in [-0.4, -0.2) is 37.8 Å². The van der Waals surface area contributed by atoms with Crippen LogP contribution in [0, 0.1) is 0 Å². The van der Waals surface area contributed by atoms with Gasteiger partial charge in [-0.15, -0.1) is 0 Å². The van der Waals surface area contributed by atoms with Gasteiger partial charge < -0.3 is 19.8 Å². The van der Waals surface area contributed by atoms with E-state index in [4.69, 9.17) is 9.47 Å². The number of nitrogens with one attached hydrogen (secondary N) is 1. The number of aromatic nitrogens is 1. The Kier molecular flexibility index (Phi) is 5.58. The molecule has 26 heavy (non-hydrogen) atoms. The van der Waals surface area contributed by atoms with Crippen LogP contribution < -0.4 is 10.1 Å². The van der Waals surface area contributed by atoms with E-state index in [1.807, 2.05) is 36.5 Å². The highest BCUT2D eigenvalue weighted by molar-refractivity contribution is 5.84. The SMILES string of the molecule is COC(=O)[C@H](C)[NH2+]C[C@@H](c1ccc(OC)cc1)c1c[nH]c2ccccc12. The third kappa shape index (κ3) is 3.73. The predicted molar refractivity (Wildman–Crippen MR) is 101 cm³/mol. The second kappa shape index (κ2) is 8.06. The van der Waals surface area contributed by atoms with Crippen LogP contribution >= 0.6 is 0 Å². The molecular weight excluding hydrogens is 328 g/mol. The predicted octanol–water partition coefficient (Wildman–Crippen LogP) is 2.43. The third-order valence-corrected chi connectivity index (χ3v) is 4.81. The molecule has 0 saturated heterocycles. The molecule has 0 bridgehead atoms. The van der Waals surface area contributed by atoms with Crippen molar-refractivity contribution in [2.24, 2.45) is 0 Å². The number of fused-ring (bicyclic) bond motifs is 1. The van der Waals surface area contributed by atoms with E-state index in [2.05, 4.69) is 35.4 Å². The van der Waals surface area contributed by atoms with Crippen LogP contribution in [-0.2, 0) is 9.53 Å². The highest BCUT2D eigenvalue weighted by atomic mass is 16.5. The van der Waals surface area contributed by atoms with Crippen LogP contribution in [0.3, 0.4) is 0 Å². The summed E-state index contributed by atoms with van der Waals surface area (Å²) in [6.45, 7) is 2.61. The number of esters is 1. The Bertz CT molecular complexity index is 870. The number of carbonyl (C=O) groups excluding carboxylic acids is 1. The number of para-hydroxylation sites is 1. The molecule has 3 rings (SSSR count). The molecule has 0 radical (unpaired) electrons. The highest BCUT2D eigenvalue weighted by Crippen LogP contribution is 2.30. The number of aromatic amines is 1. The van der Waals surface area contributed by atoms with Crippen LogP contribution in [0.1, 0.15) is 24.0 Å². The van der Waals surface area contributed by atoms with E-state index < -0.39 is 0 Å². The number of hydrogen-bond acceptors (Lipinski definition) is 3. The largest absolute Gasteiger partial charge is 0.497 e. The Balaban J connectivity index is 1.94. The number of rotatable bonds is 7. The molecule has 0 fully saturated rings. The molecule has 2 aromatic carbocycles. The van der Waals surface area contributed by atoms with Gasteiger partial charge in [0.15, 0.2) is 6.04 Å². The van der Waals surface area contributed by atoms with E-state index in [0.29, 0.717) is 0 Å². The average Bonchev–Trinajstić information content (AvgIpc) is 3.12. The zero-order valence-corrected chi connectivity index (χ0v) is 15.4. The molecule has 0 unspecified atom stereocenters. The van der Waals surface area contributed by atoms with E-state index in [9.17, 15) is 4.79 Å². The van der Waals surface area contributed by atoms with Crippen molar-refractivity contribution < 1.29 is 19.6 Å². The first kappa shape index (κ1) is 18.0. The molecule has 5 nitrogen and oxygen atoms in total. The van der Waals surface area contributed by atoms with Crippen molar-refractivity contribution in [3.63, 3.8) is 0 Å². The zero-order valence-electron chi connectivity index (χ0n) is 15.4. The zero-order chi connectivity index (χ0) is 18.5. The fourth-order valence-electron chi connectivity index (χ4n) is 3.28. The molecule has 0 aliphatic rings. The van der Waals surface area contributed by atoms with E-state index in [1.165, 1.54) is 23.6 Å². The Morgan fingerprint density at radius 2 is 1.85 bits per heavy atom. The third-order valence-electron chi connectivity index (χ3n) is 4.81. The first-order valence-corrected chi connectivity index (χ1v) is 8.75. The summed E-state index contributed by atoms with van der Waals surface area (Å²) in [5.41, 5.74) is 3.52. The normalized spacial score (nSPS) is 13.3. The fourth-order valence-corrected chi connectivity index (χ4v) is 3.28. The Morgan fingerprint density at radius 1 is 1.12 bits per heavy atom. The molecule has 136 valence electrons. The van der Waals surface area contributed by atoms with Crippen molar-refractivity contribution >= 4 is 16.9 Å². The number of carbonyl (C=O) groups is 1. The van der Waals surface area contributed by atoms with Crippen molar-refractivity contribution in [1.29, 1.82) is 0 Å². The molecule has 0 amide bonds. The number of nitrogens with two attached hydrogens (primary N) is 1. The van der Waals surface area contributed by atoms with Gasteiger partial charge in [0.05, 0.1) is 26.7 Å². The summed E-state index contributed by atoms with van der Waals surface area (Å²) < 4.78 is 10.1. The monoisotopic (exact) mass is 353 g/mol. The molecular formula is C21H25N2O3+. The van der Waals surface area contributed by atoms with Gasteiger partial charge in [-0.25, -0.2) is 4.79 Å². The van der Waals surface area contributed by atoms with Crippen molar-refractivity contribution in [1.82, 2.24) is 4.98 Å². The lowest BCUT2D eigenvalue weighted by molar-refractivity contribution is -0.676. The lowest BCUT2D eigenvalue weighted by Gasteiger charge is -2.18. The van der Waals surface area contributed by atoms with Crippen LogP contribution in [0.15, 0.2) is 54.7 Å². The summed E-state index contributed by atoms with van der Waals surface area (Å²) in [7, 11) is 3.09. The van der Waals surface area contributed by atoms with E-state index in [1.54, 1.807) is 7.11 Å². The molecule has 3 aromatic rings. The summed E-state index contributed by atoms with van der Waals surface area (Å²) in [5.74, 6) is 0.764. The van der Waals surface area contributed by atoms with Crippen LogP contribution in [0.4, 0.5) is 0 Å². The summed E-state index contributed by atoms with van der Waals surface area (Å²) in [4.78, 5) is 15.1. The van der Waals surface area contributed by atoms with Crippen molar-refractivity contribution in [3.05, 3.63) is 65.9 Å². The van der Waals surface area contributed by atoms with Crippen LogP contribution in [0.2, 0.25) is 0 Å². The summed E-state index contributed by atoms with van der Waals surface area (Å²) in [5, 5.41) is 3.23. The Morgan fingerprint density at radius 3 is 2.54 bits per heavy atom. The summed E-state index contributed by atoms with van der Waals surface area (Å²) in [6.07, 6.45) is 2.07. The van der Waals surface area contributed by atoms with Gasteiger partial charge in [0.2, 0.25) is 0 Å². The van der Waals surface area contributed by atoms with Gasteiger partial charge in [0.1, 0.15) is 5.75 Å². The smallest absolute Gasteiger partial charge is 0.364 e. The van der Waals surface area contributed by atoms with Crippen molar-refractivity contribution in [2.45, 2.75) is 18.9 Å². The second-order valence-electron chi connectivity index (χ2n) is 6.40. The quantitative estimate of drug-likeness (QED) is 0.641. The number of methoxy groups -OCH3 is 2. The minimum Gasteiger partial charge on any atom is -0.497 e. The number of benzene rings is 2. The minimum absolute atomic E-state index is 0.143. The topological polar surface area (TPSA) is 67.9 Å². The van der Waals surface area contributed by atoms with Crippen molar-refractivity contribution in [2.75, 3.05) is 20.8 Å². The number of ether oxygens (including phenoxy) is 2. The average molecular weight is 353 g/mol.